The first-order chi connectivity index (χ1) is 9.19. The highest BCUT2D eigenvalue weighted by molar-refractivity contribution is 6.42. The number of anilines is 1. The van der Waals surface area contributed by atoms with Crippen molar-refractivity contribution in [2.45, 2.75) is 26.3 Å². The normalized spacial score (nSPS) is 10.5. The van der Waals surface area contributed by atoms with E-state index in [-0.39, 0.29) is 0 Å². The molecule has 0 aromatic heterocycles. The number of hydrogen-bond donors (Lipinski definition) is 1. The zero-order valence-corrected chi connectivity index (χ0v) is 12.4. The van der Waals surface area contributed by atoms with E-state index in [9.17, 15) is 0 Å². The molecule has 0 bridgehead atoms. The quantitative estimate of drug-likeness (QED) is 0.761. The number of aryl methyl sites for hydroxylation is 1. The molecular weight excluding hydrogens is 277 g/mol. The molecule has 0 unspecified atom stereocenters. The highest BCUT2D eigenvalue weighted by Gasteiger charge is 2.00. The number of benzene rings is 2. The third kappa shape index (κ3) is 4.15. The highest BCUT2D eigenvalue weighted by Crippen LogP contribution is 2.23. The Balaban J connectivity index is 1.96. The summed E-state index contributed by atoms with van der Waals surface area (Å²) in [7, 11) is 0. The van der Waals surface area contributed by atoms with Crippen LogP contribution in [0.1, 0.15) is 24.5 Å². The number of halogens is 2. The predicted molar refractivity (Wildman–Crippen MR) is 84.2 cm³/mol. The van der Waals surface area contributed by atoms with E-state index >= 15 is 0 Å². The van der Waals surface area contributed by atoms with Gasteiger partial charge in [0.25, 0.3) is 0 Å². The molecule has 0 amide bonds. The molecule has 0 aliphatic carbocycles. The maximum absolute atomic E-state index is 5.99. The molecule has 0 aliphatic rings. The van der Waals surface area contributed by atoms with E-state index in [2.05, 4.69) is 36.5 Å². The average molecular weight is 294 g/mol. The van der Waals surface area contributed by atoms with Gasteiger partial charge in [0.1, 0.15) is 0 Å². The second-order valence-corrected chi connectivity index (χ2v) is 5.36. The molecule has 100 valence electrons. The molecule has 0 saturated heterocycles. The van der Waals surface area contributed by atoms with Gasteiger partial charge in [0.05, 0.1) is 10.0 Å². The Bertz CT molecular complexity index is 535. The molecule has 2 aromatic carbocycles. The molecule has 0 fully saturated rings. The van der Waals surface area contributed by atoms with Crippen molar-refractivity contribution in [2.24, 2.45) is 0 Å². The van der Waals surface area contributed by atoms with Gasteiger partial charge in [-0.15, -0.1) is 0 Å². The molecule has 0 radical (unpaired) electrons. The van der Waals surface area contributed by atoms with Gasteiger partial charge >= 0.3 is 0 Å². The van der Waals surface area contributed by atoms with Crippen LogP contribution < -0.4 is 5.32 Å². The van der Waals surface area contributed by atoms with Gasteiger partial charge in [-0.3, -0.25) is 0 Å². The first-order valence-corrected chi connectivity index (χ1v) is 7.21. The molecule has 0 saturated carbocycles. The zero-order chi connectivity index (χ0) is 13.7. The number of rotatable bonds is 5. The van der Waals surface area contributed by atoms with Crippen LogP contribution in [0.4, 0.5) is 5.69 Å². The fourth-order valence-electron chi connectivity index (χ4n) is 1.93. The van der Waals surface area contributed by atoms with Crippen molar-refractivity contribution in [3.05, 3.63) is 63.6 Å². The van der Waals surface area contributed by atoms with Crippen LogP contribution in [0.15, 0.2) is 42.5 Å². The summed E-state index contributed by atoms with van der Waals surface area (Å²) in [5.74, 6) is 0. The summed E-state index contributed by atoms with van der Waals surface area (Å²) >= 11 is 11.9. The van der Waals surface area contributed by atoms with Crippen molar-refractivity contribution in [3.63, 3.8) is 0 Å². The van der Waals surface area contributed by atoms with Crippen LogP contribution in [-0.4, -0.2) is 0 Å². The minimum atomic E-state index is 0.592. The van der Waals surface area contributed by atoms with Crippen LogP contribution in [0, 0.1) is 0 Å². The van der Waals surface area contributed by atoms with Crippen molar-refractivity contribution in [1.82, 2.24) is 0 Å². The van der Waals surface area contributed by atoms with Crippen LogP contribution in [0.5, 0.6) is 0 Å². The van der Waals surface area contributed by atoms with E-state index in [0.29, 0.717) is 10.0 Å². The van der Waals surface area contributed by atoms with Gasteiger partial charge < -0.3 is 5.32 Å². The SMILES string of the molecule is CCCc1ccc(NCc2ccc(Cl)c(Cl)c2)cc1. The highest BCUT2D eigenvalue weighted by atomic mass is 35.5. The Labute approximate surface area is 124 Å². The first-order valence-electron chi connectivity index (χ1n) is 6.46. The number of hydrogen-bond acceptors (Lipinski definition) is 1. The molecule has 0 heterocycles. The van der Waals surface area contributed by atoms with Crippen LogP contribution in [0.3, 0.4) is 0 Å². The summed E-state index contributed by atoms with van der Waals surface area (Å²) in [4.78, 5) is 0. The van der Waals surface area contributed by atoms with Gasteiger partial charge in [0.15, 0.2) is 0 Å². The Hall–Kier alpha value is -1.18. The fourth-order valence-corrected chi connectivity index (χ4v) is 2.25. The molecule has 2 aromatic rings. The van der Waals surface area contributed by atoms with E-state index in [1.165, 1.54) is 12.0 Å². The van der Waals surface area contributed by atoms with Crippen LogP contribution in [0.25, 0.3) is 0 Å². The van der Waals surface area contributed by atoms with E-state index in [4.69, 9.17) is 23.2 Å². The van der Waals surface area contributed by atoms with Crippen molar-refractivity contribution in [1.29, 1.82) is 0 Å². The van der Waals surface area contributed by atoms with E-state index < -0.39 is 0 Å². The lowest BCUT2D eigenvalue weighted by atomic mass is 10.1. The van der Waals surface area contributed by atoms with Gasteiger partial charge in [0.2, 0.25) is 0 Å². The van der Waals surface area contributed by atoms with E-state index in [0.717, 1.165) is 24.2 Å². The molecule has 1 N–H and O–H groups in total. The Morgan fingerprint density at radius 2 is 1.58 bits per heavy atom. The van der Waals surface area contributed by atoms with Gasteiger partial charge in [0, 0.05) is 12.2 Å². The smallest absolute Gasteiger partial charge is 0.0595 e. The Kier molecular flexibility index (Phi) is 5.12. The van der Waals surface area contributed by atoms with Gasteiger partial charge in [-0.25, -0.2) is 0 Å². The molecule has 0 atom stereocenters. The first kappa shape index (κ1) is 14.2. The van der Waals surface area contributed by atoms with Crippen LogP contribution >= 0.6 is 23.2 Å². The molecule has 2 rings (SSSR count). The lowest BCUT2D eigenvalue weighted by Crippen LogP contribution is -1.99. The van der Waals surface area contributed by atoms with Crippen molar-refractivity contribution >= 4 is 28.9 Å². The topological polar surface area (TPSA) is 12.0 Å². The zero-order valence-electron chi connectivity index (χ0n) is 10.9. The lowest BCUT2D eigenvalue weighted by molar-refractivity contribution is 0.922. The van der Waals surface area contributed by atoms with Crippen LogP contribution in [-0.2, 0) is 13.0 Å². The fraction of sp³-hybridized carbons (Fsp3) is 0.250. The van der Waals surface area contributed by atoms with E-state index in [1.807, 2.05) is 18.2 Å². The molecule has 0 aliphatic heterocycles. The molecular formula is C16H17Cl2N. The standard InChI is InChI=1S/C16H17Cl2N/c1-2-3-12-4-7-14(8-5-12)19-11-13-6-9-15(17)16(18)10-13/h4-10,19H,2-3,11H2,1H3. The second kappa shape index (κ2) is 6.83. The molecule has 3 heteroatoms. The van der Waals surface area contributed by atoms with Crippen molar-refractivity contribution in [2.75, 3.05) is 5.32 Å². The summed E-state index contributed by atoms with van der Waals surface area (Å²) in [5, 5.41) is 4.56. The second-order valence-electron chi connectivity index (χ2n) is 4.55. The van der Waals surface area contributed by atoms with Gasteiger partial charge in [-0.05, 0) is 41.8 Å². The number of nitrogens with one attached hydrogen (secondary N) is 1. The van der Waals surface area contributed by atoms with Crippen molar-refractivity contribution in [3.8, 4) is 0 Å². The summed E-state index contributed by atoms with van der Waals surface area (Å²) in [5.41, 5.74) is 3.61. The largest absolute Gasteiger partial charge is 0.381 e. The average Bonchev–Trinajstić information content (AvgIpc) is 2.42. The molecule has 1 nitrogen and oxygen atoms in total. The van der Waals surface area contributed by atoms with Gasteiger partial charge in [-0.1, -0.05) is 54.7 Å². The minimum Gasteiger partial charge on any atom is -0.381 e. The van der Waals surface area contributed by atoms with Gasteiger partial charge in [-0.2, -0.15) is 0 Å². The summed E-state index contributed by atoms with van der Waals surface area (Å²) in [6.07, 6.45) is 2.31. The lowest BCUT2D eigenvalue weighted by Gasteiger charge is -2.08. The Morgan fingerprint density at radius 3 is 2.21 bits per heavy atom. The molecule has 0 spiro atoms. The molecule has 19 heavy (non-hydrogen) atoms. The van der Waals surface area contributed by atoms with Crippen LogP contribution in [0.2, 0.25) is 10.0 Å². The third-order valence-corrected chi connectivity index (χ3v) is 3.71. The summed E-state index contributed by atoms with van der Waals surface area (Å²) < 4.78 is 0. The Morgan fingerprint density at radius 1 is 0.895 bits per heavy atom. The summed E-state index contributed by atoms with van der Waals surface area (Å²) in [6.45, 7) is 2.93. The third-order valence-electron chi connectivity index (χ3n) is 2.97. The van der Waals surface area contributed by atoms with E-state index in [1.54, 1.807) is 0 Å². The maximum Gasteiger partial charge on any atom is 0.0595 e. The van der Waals surface area contributed by atoms with Crippen molar-refractivity contribution < 1.29 is 0 Å². The predicted octanol–water partition coefficient (Wildman–Crippen LogP) is 5.56. The monoisotopic (exact) mass is 293 g/mol. The minimum absolute atomic E-state index is 0.592. The summed E-state index contributed by atoms with van der Waals surface area (Å²) in [6, 6.07) is 14.3. The maximum atomic E-state index is 5.99.